The van der Waals surface area contributed by atoms with E-state index in [-0.39, 0.29) is 23.2 Å². The minimum absolute atomic E-state index is 0.140. The first-order valence-electron chi connectivity index (χ1n) is 12.9. The Morgan fingerprint density at radius 1 is 1.26 bits per heavy atom. The number of aromatic nitrogens is 2. The van der Waals surface area contributed by atoms with Gasteiger partial charge in [-0.05, 0) is 24.0 Å². The fraction of sp³-hybridized carbons (Fsp3) is 0.429. The number of halogens is 1. The number of nitrogens with zero attached hydrogens (tertiary/aromatic N) is 4. The van der Waals surface area contributed by atoms with Crippen LogP contribution in [-0.4, -0.2) is 54.2 Å². The molecular weight excluding hydrogens is 507 g/mol. The second kappa shape index (κ2) is 11.1. The molecule has 1 N–H and O–H groups in total. The summed E-state index contributed by atoms with van der Waals surface area (Å²) in [6.45, 7) is 1.31. The van der Waals surface area contributed by atoms with Crippen molar-refractivity contribution in [2.45, 2.75) is 38.5 Å². The zero-order chi connectivity index (χ0) is 26.8. The molecule has 1 aliphatic heterocycles. The van der Waals surface area contributed by atoms with Gasteiger partial charge in [0, 0.05) is 37.3 Å². The predicted molar refractivity (Wildman–Crippen MR) is 145 cm³/mol. The quantitative estimate of drug-likeness (QED) is 0.406. The summed E-state index contributed by atoms with van der Waals surface area (Å²) in [6, 6.07) is 9.25. The molecule has 2 aromatic heterocycles. The number of hydrogen-bond donors (Lipinski definition) is 1. The monoisotopic (exact) mass is 538 g/mol. The number of likely N-dealkylation sites (N-methyl/N-ethyl adjacent to an activating group) is 1. The van der Waals surface area contributed by atoms with E-state index in [1.807, 2.05) is 36.2 Å². The molecule has 38 heavy (non-hydrogen) atoms. The number of anilines is 2. The molecule has 10 heteroatoms. The van der Waals surface area contributed by atoms with Gasteiger partial charge in [-0.1, -0.05) is 61.3 Å². The van der Waals surface area contributed by atoms with Gasteiger partial charge < -0.3 is 14.7 Å². The zero-order valence-electron chi connectivity index (χ0n) is 21.5. The molecule has 0 radical (unpaired) electrons. The number of carbonyl (C=O) groups is 2. The maximum absolute atomic E-state index is 15.4. The third-order valence-electron chi connectivity index (χ3n) is 7.43. The molecule has 3 heterocycles. The summed E-state index contributed by atoms with van der Waals surface area (Å²) in [7, 11) is 3.50. The highest BCUT2D eigenvalue weighted by molar-refractivity contribution is 7.14. The van der Waals surface area contributed by atoms with E-state index in [0.29, 0.717) is 30.3 Å². The van der Waals surface area contributed by atoms with Crippen LogP contribution in [0.1, 0.15) is 38.5 Å². The van der Waals surface area contributed by atoms with Gasteiger partial charge in [0.15, 0.2) is 16.7 Å². The Hall–Kier alpha value is -3.53. The molecule has 0 spiro atoms. The smallest absolute Gasteiger partial charge is 0.304 e. The number of fused-ring (bicyclic) bond motifs is 1. The van der Waals surface area contributed by atoms with Crippen molar-refractivity contribution in [2.75, 3.05) is 37.0 Å². The third kappa shape index (κ3) is 5.36. The summed E-state index contributed by atoms with van der Waals surface area (Å²) in [4.78, 5) is 37.3. The van der Waals surface area contributed by atoms with Crippen molar-refractivity contribution in [3.8, 4) is 28.1 Å². The second-order valence-electron chi connectivity index (χ2n) is 10.1. The van der Waals surface area contributed by atoms with Crippen molar-refractivity contribution >= 4 is 34.2 Å². The molecule has 0 bridgehead atoms. The van der Waals surface area contributed by atoms with Crippen LogP contribution in [0.5, 0.6) is 5.75 Å². The number of thiazole rings is 1. The molecule has 5 rings (SSSR count). The van der Waals surface area contributed by atoms with Crippen LogP contribution in [0.15, 0.2) is 36.5 Å². The van der Waals surface area contributed by atoms with Gasteiger partial charge in [-0.2, -0.15) is 4.39 Å². The first-order chi connectivity index (χ1) is 18.3. The second-order valence-corrected chi connectivity index (χ2v) is 11.0. The third-order valence-corrected chi connectivity index (χ3v) is 8.35. The summed E-state index contributed by atoms with van der Waals surface area (Å²) in [5, 5.41) is 9.11. The summed E-state index contributed by atoms with van der Waals surface area (Å²) >= 11 is 0.785. The molecule has 1 unspecified atom stereocenters. The van der Waals surface area contributed by atoms with E-state index < -0.39 is 17.0 Å². The van der Waals surface area contributed by atoms with E-state index >= 15 is 4.39 Å². The number of rotatable bonds is 8. The van der Waals surface area contributed by atoms with Crippen molar-refractivity contribution in [3.05, 3.63) is 41.7 Å². The fourth-order valence-corrected chi connectivity index (χ4v) is 6.19. The maximum atomic E-state index is 15.4. The highest BCUT2D eigenvalue weighted by Crippen LogP contribution is 2.40. The average molecular weight is 539 g/mol. The molecular formula is C28H31FN4O4S. The molecule has 1 amide bonds. The van der Waals surface area contributed by atoms with E-state index in [1.165, 1.54) is 4.90 Å². The van der Waals surface area contributed by atoms with Gasteiger partial charge in [-0.25, -0.2) is 9.97 Å². The molecule has 0 saturated heterocycles. The standard InChI is InChI=1S/C28H31FN4O4S/c1-32-11-12-37-22-14-19(16-30-26(22)32)20-9-5-6-10-21(20)24-25(29)38-28(31-24)33(2)27(36)18(15-23(34)35)13-17-7-3-4-8-17/h5-6,9-10,14,16-18H,3-4,7-8,11-13,15H2,1-2H3,(H,34,35). The molecule has 1 atom stereocenters. The van der Waals surface area contributed by atoms with Crippen molar-refractivity contribution in [1.29, 1.82) is 0 Å². The Balaban J connectivity index is 1.43. The topological polar surface area (TPSA) is 95.9 Å². The van der Waals surface area contributed by atoms with Crippen LogP contribution >= 0.6 is 11.3 Å². The van der Waals surface area contributed by atoms with E-state index in [0.717, 1.165) is 60.5 Å². The lowest BCUT2D eigenvalue weighted by Gasteiger charge is -2.26. The lowest BCUT2D eigenvalue weighted by atomic mass is 9.90. The molecule has 3 aromatic rings. The van der Waals surface area contributed by atoms with Crippen molar-refractivity contribution in [2.24, 2.45) is 11.8 Å². The van der Waals surface area contributed by atoms with E-state index in [2.05, 4.69) is 9.97 Å². The minimum Gasteiger partial charge on any atom is -0.488 e. The van der Waals surface area contributed by atoms with Crippen molar-refractivity contribution < 1.29 is 23.8 Å². The van der Waals surface area contributed by atoms with Gasteiger partial charge in [0.05, 0.1) is 13.0 Å². The highest BCUT2D eigenvalue weighted by Gasteiger charge is 2.31. The number of benzene rings is 1. The molecule has 200 valence electrons. The Morgan fingerprint density at radius 2 is 2.00 bits per heavy atom. The van der Waals surface area contributed by atoms with Crippen LogP contribution in [0.3, 0.4) is 0 Å². The number of hydrogen-bond acceptors (Lipinski definition) is 7. The molecule has 8 nitrogen and oxygen atoms in total. The van der Waals surface area contributed by atoms with Crippen molar-refractivity contribution in [3.63, 3.8) is 0 Å². The first-order valence-corrected chi connectivity index (χ1v) is 13.7. The van der Waals surface area contributed by atoms with Gasteiger partial charge in [-0.15, -0.1) is 0 Å². The van der Waals surface area contributed by atoms with Gasteiger partial charge in [0.25, 0.3) is 0 Å². The van der Waals surface area contributed by atoms with E-state index in [4.69, 9.17) is 4.74 Å². The van der Waals surface area contributed by atoms with Gasteiger partial charge in [-0.3, -0.25) is 14.5 Å². The number of carboxylic acid groups (broad SMARTS) is 1. The number of aliphatic carboxylic acids is 1. The summed E-state index contributed by atoms with van der Waals surface area (Å²) < 4.78 is 21.2. The molecule has 1 fully saturated rings. The summed E-state index contributed by atoms with van der Waals surface area (Å²) in [6.07, 6.45) is 6.27. The van der Waals surface area contributed by atoms with Crippen molar-refractivity contribution in [1.82, 2.24) is 9.97 Å². The van der Waals surface area contributed by atoms with Crippen LogP contribution in [0, 0.1) is 17.0 Å². The summed E-state index contributed by atoms with van der Waals surface area (Å²) in [5.74, 6) is -0.239. The number of amides is 1. The largest absolute Gasteiger partial charge is 0.488 e. The Bertz CT molecular complexity index is 1340. The summed E-state index contributed by atoms with van der Waals surface area (Å²) in [5.41, 5.74) is 2.23. The lowest BCUT2D eigenvalue weighted by molar-refractivity contribution is -0.140. The molecule has 1 aliphatic carbocycles. The Morgan fingerprint density at radius 3 is 2.74 bits per heavy atom. The number of ether oxygens (including phenoxy) is 1. The van der Waals surface area contributed by atoms with Crippen LogP contribution in [-0.2, 0) is 9.59 Å². The Kier molecular flexibility index (Phi) is 7.60. The van der Waals surface area contributed by atoms with Crippen LogP contribution < -0.4 is 14.5 Å². The van der Waals surface area contributed by atoms with Crippen LogP contribution in [0.4, 0.5) is 15.3 Å². The highest BCUT2D eigenvalue weighted by atomic mass is 32.1. The van der Waals surface area contributed by atoms with Gasteiger partial charge in [0.2, 0.25) is 11.0 Å². The van der Waals surface area contributed by atoms with Crippen LogP contribution in [0.25, 0.3) is 22.4 Å². The Labute approximate surface area is 225 Å². The lowest BCUT2D eigenvalue weighted by Crippen LogP contribution is -2.35. The molecule has 1 aromatic carbocycles. The predicted octanol–water partition coefficient (Wildman–Crippen LogP) is 5.47. The number of carbonyl (C=O) groups excluding carboxylic acids is 1. The van der Waals surface area contributed by atoms with E-state index in [9.17, 15) is 14.7 Å². The number of carboxylic acids is 1. The first kappa shape index (κ1) is 26.1. The SMILES string of the molecule is CN1CCOc2cc(-c3ccccc3-c3nc(N(C)C(=O)C(CC(=O)O)CC4CCCC4)sc3F)cnc21. The average Bonchev–Trinajstić information content (AvgIpc) is 3.56. The van der Waals surface area contributed by atoms with Gasteiger partial charge in [0.1, 0.15) is 12.3 Å². The zero-order valence-corrected chi connectivity index (χ0v) is 22.3. The maximum Gasteiger partial charge on any atom is 0.304 e. The molecule has 1 saturated carbocycles. The van der Waals surface area contributed by atoms with E-state index in [1.54, 1.807) is 19.3 Å². The van der Waals surface area contributed by atoms with Crippen LogP contribution in [0.2, 0.25) is 0 Å². The fourth-order valence-electron chi connectivity index (χ4n) is 5.42. The number of pyridine rings is 1. The normalized spacial score (nSPS) is 16.1. The molecule has 2 aliphatic rings. The minimum atomic E-state index is -1.01. The van der Waals surface area contributed by atoms with Gasteiger partial charge >= 0.3 is 5.97 Å².